The van der Waals surface area contributed by atoms with Gasteiger partial charge in [0, 0.05) is 51.0 Å². The standard InChI is InChI=1S/C23H25N5O4/c1-23(2)12-16-18(31-15-6-7-17(24-13-15)22(30)27(3)4)10-14(11-19(16)32-23)21(29)25-20-8-9-28(5)26-20/h6-11,13H,12H2,1-5H3,(H,25,26,29). The molecule has 0 saturated heterocycles. The van der Waals surface area contributed by atoms with Gasteiger partial charge in [-0.2, -0.15) is 5.10 Å². The molecule has 3 heterocycles. The highest BCUT2D eigenvalue weighted by Gasteiger charge is 2.34. The van der Waals surface area contributed by atoms with E-state index in [9.17, 15) is 9.59 Å². The molecule has 4 rings (SSSR count). The minimum Gasteiger partial charge on any atom is -0.487 e. The van der Waals surface area contributed by atoms with E-state index in [1.165, 1.54) is 11.1 Å². The molecule has 0 atom stereocenters. The summed E-state index contributed by atoms with van der Waals surface area (Å²) in [5.74, 6) is 1.50. The van der Waals surface area contributed by atoms with E-state index in [2.05, 4.69) is 15.4 Å². The Morgan fingerprint density at radius 1 is 1.22 bits per heavy atom. The number of aromatic nitrogens is 3. The first-order chi connectivity index (χ1) is 15.1. The summed E-state index contributed by atoms with van der Waals surface area (Å²) in [5, 5.41) is 6.96. The van der Waals surface area contributed by atoms with E-state index in [0.717, 1.165) is 5.56 Å². The van der Waals surface area contributed by atoms with Crippen molar-refractivity contribution in [3.8, 4) is 17.2 Å². The summed E-state index contributed by atoms with van der Waals surface area (Å²) >= 11 is 0. The van der Waals surface area contributed by atoms with Crippen LogP contribution in [0.25, 0.3) is 0 Å². The van der Waals surface area contributed by atoms with Crippen LogP contribution >= 0.6 is 0 Å². The zero-order valence-electron chi connectivity index (χ0n) is 18.7. The number of hydrogen-bond donors (Lipinski definition) is 1. The fourth-order valence-electron chi connectivity index (χ4n) is 3.46. The summed E-state index contributed by atoms with van der Waals surface area (Å²) in [7, 11) is 5.11. The summed E-state index contributed by atoms with van der Waals surface area (Å²) in [5.41, 5.74) is 1.16. The Bertz CT molecular complexity index is 1180. The van der Waals surface area contributed by atoms with E-state index < -0.39 is 5.60 Å². The molecule has 0 bridgehead atoms. The number of benzene rings is 1. The predicted molar refractivity (Wildman–Crippen MR) is 118 cm³/mol. The van der Waals surface area contributed by atoms with Crippen LogP contribution in [0.1, 0.15) is 40.3 Å². The molecule has 2 aromatic heterocycles. The van der Waals surface area contributed by atoms with Crippen LogP contribution in [-0.2, 0) is 13.5 Å². The Morgan fingerprint density at radius 2 is 2.00 bits per heavy atom. The lowest BCUT2D eigenvalue weighted by Gasteiger charge is -2.16. The Hall–Kier alpha value is -3.88. The van der Waals surface area contributed by atoms with E-state index in [-0.39, 0.29) is 11.8 Å². The molecule has 9 nitrogen and oxygen atoms in total. The molecule has 32 heavy (non-hydrogen) atoms. The first-order valence-corrected chi connectivity index (χ1v) is 10.1. The van der Waals surface area contributed by atoms with Gasteiger partial charge in [-0.1, -0.05) is 0 Å². The monoisotopic (exact) mass is 435 g/mol. The minimum absolute atomic E-state index is 0.194. The summed E-state index contributed by atoms with van der Waals surface area (Å²) in [4.78, 5) is 30.6. The van der Waals surface area contributed by atoms with Crippen LogP contribution in [0.15, 0.2) is 42.7 Å². The quantitative estimate of drug-likeness (QED) is 0.660. The van der Waals surface area contributed by atoms with Crippen LogP contribution in [-0.4, -0.2) is 51.2 Å². The third-order valence-corrected chi connectivity index (χ3v) is 4.96. The number of carbonyl (C=O) groups is 2. The number of carbonyl (C=O) groups excluding carboxylic acids is 2. The van der Waals surface area contributed by atoms with Crippen molar-refractivity contribution in [2.45, 2.75) is 25.9 Å². The molecular weight excluding hydrogens is 410 g/mol. The maximum absolute atomic E-state index is 12.8. The Balaban J connectivity index is 1.63. The molecule has 0 unspecified atom stereocenters. The molecule has 1 aliphatic heterocycles. The van der Waals surface area contributed by atoms with Crippen molar-refractivity contribution in [3.05, 3.63) is 59.5 Å². The smallest absolute Gasteiger partial charge is 0.271 e. The third kappa shape index (κ3) is 4.41. The number of anilines is 1. The third-order valence-electron chi connectivity index (χ3n) is 4.96. The van der Waals surface area contributed by atoms with Crippen molar-refractivity contribution >= 4 is 17.6 Å². The van der Waals surface area contributed by atoms with Crippen molar-refractivity contribution in [3.63, 3.8) is 0 Å². The average molecular weight is 435 g/mol. The van der Waals surface area contributed by atoms with E-state index in [0.29, 0.717) is 40.7 Å². The first kappa shape index (κ1) is 21.4. The molecule has 0 saturated carbocycles. The first-order valence-electron chi connectivity index (χ1n) is 10.1. The fraction of sp³-hybridized carbons (Fsp3) is 0.304. The molecule has 0 aliphatic carbocycles. The number of nitrogens with one attached hydrogen (secondary N) is 1. The highest BCUT2D eigenvalue weighted by Crippen LogP contribution is 2.43. The van der Waals surface area contributed by atoms with Gasteiger partial charge in [-0.3, -0.25) is 14.3 Å². The van der Waals surface area contributed by atoms with Gasteiger partial charge in [-0.15, -0.1) is 0 Å². The lowest BCUT2D eigenvalue weighted by Crippen LogP contribution is -2.24. The summed E-state index contributed by atoms with van der Waals surface area (Å²) in [6.07, 6.45) is 3.87. The van der Waals surface area contributed by atoms with E-state index in [4.69, 9.17) is 9.47 Å². The molecule has 166 valence electrons. The molecule has 1 N–H and O–H groups in total. The van der Waals surface area contributed by atoms with Gasteiger partial charge in [-0.05, 0) is 38.1 Å². The zero-order chi connectivity index (χ0) is 23.0. The van der Waals surface area contributed by atoms with E-state index in [1.807, 2.05) is 13.8 Å². The second-order valence-electron chi connectivity index (χ2n) is 8.50. The van der Waals surface area contributed by atoms with Gasteiger partial charge in [0.2, 0.25) is 0 Å². The SMILES string of the molecule is CN(C)C(=O)c1ccc(Oc2cc(C(=O)Nc3ccn(C)n3)cc3c2CC(C)(C)O3)cn1. The molecule has 9 heteroatoms. The van der Waals surface area contributed by atoms with Crippen molar-refractivity contribution in [2.24, 2.45) is 7.05 Å². The average Bonchev–Trinajstić information content (AvgIpc) is 3.28. The Kier molecular flexibility index (Phi) is 5.33. The molecule has 0 fully saturated rings. The molecule has 1 aliphatic rings. The highest BCUT2D eigenvalue weighted by atomic mass is 16.5. The van der Waals surface area contributed by atoms with Crippen LogP contribution in [0.3, 0.4) is 0 Å². The van der Waals surface area contributed by atoms with Crippen LogP contribution < -0.4 is 14.8 Å². The van der Waals surface area contributed by atoms with Crippen LogP contribution in [0.2, 0.25) is 0 Å². The number of rotatable bonds is 5. The maximum atomic E-state index is 12.8. The number of aryl methyl sites for hydroxylation is 1. The lowest BCUT2D eigenvalue weighted by molar-refractivity contribution is 0.0821. The van der Waals surface area contributed by atoms with Crippen molar-refractivity contribution < 1.29 is 19.1 Å². The molecule has 2 amide bonds. The molecular formula is C23H25N5O4. The van der Waals surface area contributed by atoms with Crippen molar-refractivity contribution in [1.29, 1.82) is 0 Å². The van der Waals surface area contributed by atoms with Crippen LogP contribution in [0.4, 0.5) is 5.82 Å². The van der Waals surface area contributed by atoms with Gasteiger partial charge in [-0.25, -0.2) is 4.98 Å². The lowest BCUT2D eigenvalue weighted by atomic mass is 9.99. The van der Waals surface area contributed by atoms with E-state index >= 15 is 0 Å². The van der Waals surface area contributed by atoms with Crippen molar-refractivity contribution in [2.75, 3.05) is 19.4 Å². The van der Waals surface area contributed by atoms with Crippen LogP contribution in [0.5, 0.6) is 17.2 Å². The number of hydrogen-bond acceptors (Lipinski definition) is 6. The predicted octanol–water partition coefficient (Wildman–Crippen LogP) is 3.28. The number of pyridine rings is 1. The normalized spacial score (nSPS) is 13.8. The Labute approximate surface area is 186 Å². The number of nitrogens with zero attached hydrogens (tertiary/aromatic N) is 4. The van der Waals surface area contributed by atoms with Gasteiger partial charge in [0.05, 0.1) is 6.20 Å². The largest absolute Gasteiger partial charge is 0.487 e. The molecule has 0 radical (unpaired) electrons. The second-order valence-corrected chi connectivity index (χ2v) is 8.50. The topological polar surface area (TPSA) is 98.6 Å². The summed E-state index contributed by atoms with van der Waals surface area (Å²) < 4.78 is 13.7. The molecule has 1 aromatic carbocycles. The fourth-order valence-corrected chi connectivity index (χ4v) is 3.46. The van der Waals surface area contributed by atoms with Crippen molar-refractivity contribution in [1.82, 2.24) is 19.7 Å². The summed E-state index contributed by atoms with van der Waals surface area (Å²) in [6.45, 7) is 3.96. The number of fused-ring (bicyclic) bond motifs is 1. The Morgan fingerprint density at radius 3 is 2.62 bits per heavy atom. The zero-order valence-corrected chi connectivity index (χ0v) is 18.7. The van der Waals surface area contributed by atoms with Gasteiger partial charge >= 0.3 is 0 Å². The molecule has 0 spiro atoms. The van der Waals surface area contributed by atoms with Gasteiger partial charge in [0.25, 0.3) is 11.8 Å². The minimum atomic E-state index is -0.420. The van der Waals surface area contributed by atoms with Gasteiger partial charge < -0.3 is 19.7 Å². The van der Waals surface area contributed by atoms with E-state index in [1.54, 1.807) is 62.4 Å². The molecule has 3 aromatic rings. The second kappa shape index (κ2) is 7.99. The number of ether oxygens (including phenoxy) is 2. The number of amides is 2. The summed E-state index contributed by atoms with van der Waals surface area (Å²) in [6, 6.07) is 8.39. The van der Waals surface area contributed by atoms with Crippen LogP contribution in [0, 0.1) is 0 Å². The van der Waals surface area contributed by atoms with Gasteiger partial charge in [0.15, 0.2) is 5.82 Å². The van der Waals surface area contributed by atoms with Gasteiger partial charge in [0.1, 0.15) is 28.5 Å². The highest BCUT2D eigenvalue weighted by molar-refractivity contribution is 6.04. The maximum Gasteiger partial charge on any atom is 0.271 e.